The van der Waals surface area contributed by atoms with Gasteiger partial charge in [0.2, 0.25) is 0 Å². The quantitative estimate of drug-likeness (QED) is 0.325. The smallest absolute Gasteiger partial charge is 0.300 e. The van der Waals surface area contributed by atoms with Crippen LogP contribution in [0.25, 0.3) is 5.76 Å². The average Bonchev–Trinajstić information content (AvgIpc) is 3.03. The maximum atomic E-state index is 13.7. The lowest BCUT2D eigenvalue weighted by Gasteiger charge is -2.25. The van der Waals surface area contributed by atoms with Crippen molar-refractivity contribution >= 4 is 34.7 Å². The molecule has 0 aliphatic carbocycles. The molecule has 0 aromatic heterocycles. The van der Waals surface area contributed by atoms with Crippen LogP contribution in [0, 0.1) is 19.7 Å². The van der Waals surface area contributed by atoms with E-state index < -0.39 is 23.5 Å². The molecule has 1 heterocycles. The minimum Gasteiger partial charge on any atom is -0.507 e. The van der Waals surface area contributed by atoms with Gasteiger partial charge in [0.15, 0.2) is 0 Å². The number of halogens is 2. The van der Waals surface area contributed by atoms with Gasteiger partial charge in [-0.25, -0.2) is 4.39 Å². The first-order valence-electron chi connectivity index (χ1n) is 9.68. The van der Waals surface area contributed by atoms with Crippen molar-refractivity contribution in [1.29, 1.82) is 0 Å². The van der Waals surface area contributed by atoms with Gasteiger partial charge in [0, 0.05) is 11.3 Å². The van der Waals surface area contributed by atoms with Crippen LogP contribution in [0.1, 0.15) is 28.3 Å². The van der Waals surface area contributed by atoms with Crippen molar-refractivity contribution in [3.63, 3.8) is 0 Å². The van der Waals surface area contributed by atoms with Crippen molar-refractivity contribution in [3.8, 4) is 0 Å². The predicted octanol–water partition coefficient (Wildman–Crippen LogP) is 5.72. The van der Waals surface area contributed by atoms with Crippen molar-refractivity contribution in [3.05, 3.63) is 105 Å². The zero-order valence-electron chi connectivity index (χ0n) is 16.9. The Morgan fingerprint density at radius 1 is 0.968 bits per heavy atom. The van der Waals surface area contributed by atoms with Gasteiger partial charge in [0.25, 0.3) is 11.7 Å². The molecule has 0 bridgehead atoms. The summed E-state index contributed by atoms with van der Waals surface area (Å²) in [6.07, 6.45) is 0. The number of aryl methyl sites for hydroxylation is 2. The molecule has 0 spiro atoms. The number of hydrogen-bond donors (Lipinski definition) is 1. The molecule has 1 amide bonds. The summed E-state index contributed by atoms with van der Waals surface area (Å²) >= 11 is 5.94. The summed E-state index contributed by atoms with van der Waals surface area (Å²) in [5, 5.41) is 10.9. The van der Waals surface area contributed by atoms with Crippen LogP contribution in [0.15, 0.2) is 72.3 Å². The fourth-order valence-electron chi connectivity index (χ4n) is 3.73. The van der Waals surface area contributed by atoms with Crippen LogP contribution in [0.3, 0.4) is 0 Å². The number of amides is 1. The van der Waals surface area contributed by atoms with E-state index in [0.717, 1.165) is 17.2 Å². The highest BCUT2D eigenvalue weighted by Crippen LogP contribution is 2.42. The number of ketones is 1. The molecule has 6 heteroatoms. The number of carbonyl (C=O) groups excluding carboxylic acids is 2. The van der Waals surface area contributed by atoms with E-state index in [2.05, 4.69) is 0 Å². The highest BCUT2D eigenvalue weighted by molar-refractivity contribution is 6.51. The van der Waals surface area contributed by atoms with Crippen molar-refractivity contribution < 1.29 is 19.1 Å². The third-order valence-corrected chi connectivity index (χ3v) is 5.81. The lowest BCUT2D eigenvalue weighted by atomic mass is 9.94. The van der Waals surface area contributed by atoms with Crippen LogP contribution in [0.4, 0.5) is 10.1 Å². The van der Waals surface area contributed by atoms with Crippen molar-refractivity contribution in [2.24, 2.45) is 0 Å². The maximum Gasteiger partial charge on any atom is 0.300 e. The molecule has 1 aliphatic heterocycles. The number of benzene rings is 3. The van der Waals surface area contributed by atoms with E-state index in [4.69, 9.17) is 11.6 Å². The van der Waals surface area contributed by atoms with Crippen LogP contribution >= 0.6 is 11.6 Å². The molecule has 1 unspecified atom stereocenters. The fourth-order valence-corrected chi connectivity index (χ4v) is 3.90. The minimum atomic E-state index is -0.885. The second kappa shape index (κ2) is 8.00. The number of carbonyl (C=O) groups is 2. The predicted molar refractivity (Wildman–Crippen MR) is 119 cm³/mol. The molecule has 1 fully saturated rings. The summed E-state index contributed by atoms with van der Waals surface area (Å²) in [5.41, 5.74) is 3.30. The van der Waals surface area contributed by atoms with Gasteiger partial charge in [0.05, 0.1) is 16.6 Å². The van der Waals surface area contributed by atoms with E-state index in [1.807, 2.05) is 26.0 Å². The second-order valence-electron chi connectivity index (χ2n) is 7.48. The van der Waals surface area contributed by atoms with Gasteiger partial charge in [-0.3, -0.25) is 14.5 Å². The summed E-state index contributed by atoms with van der Waals surface area (Å²) in [6.45, 7) is 3.85. The van der Waals surface area contributed by atoms with E-state index in [1.54, 1.807) is 36.4 Å². The molecule has 3 aromatic rings. The van der Waals surface area contributed by atoms with Gasteiger partial charge in [-0.05, 0) is 54.8 Å². The normalized spacial score (nSPS) is 17.9. The Kier molecular flexibility index (Phi) is 5.38. The lowest BCUT2D eigenvalue weighted by Crippen LogP contribution is -2.29. The van der Waals surface area contributed by atoms with E-state index in [0.29, 0.717) is 11.1 Å². The summed E-state index contributed by atoms with van der Waals surface area (Å²) in [5.74, 6) is -2.52. The Morgan fingerprint density at radius 3 is 2.32 bits per heavy atom. The average molecular weight is 436 g/mol. The third kappa shape index (κ3) is 3.62. The standard InChI is InChI=1S/C25H19ClFNO3/c1-14-8-9-17(12-15(14)2)23(29)21-22(16-6-4-3-5-7-16)28(25(31)24(21)30)18-10-11-20(27)19(26)13-18/h3-13,22,29H,1-2H3/b23-21+. The van der Waals surface area contributed by atoms with Crippen molar-refractivity contribution in [1.82, 2.24) is 0 Å². The van der Waals surface area contributed by atoms with E-state index in [9.17, 15) is 19.1 Å². The first-order chi connectivity index (χ1) is 14.8. The second-order valence-corrected chi connectivity index (χ2v) is 7.88. The Bertz CT molecular complexity index is 1240. The largest absolute Gasteiger partial charge is 0.507 e. The molecular weight excluding hydrogens is 417 g/mol. The summed E-state index contributed by atoms with van der Waals surface area (Å²) < 4.78 is 13.7. The number of anilines is 1. The van der Waals surface area contributed by atoms with E-state index in [-0.39, 0.29) is 22.0 Å². The zero-order chi connectivity index (χ0) is 22.3. The Hall–Kier alpha value is -3.44. The van der Waals surface area contributed by atoms with Crippen molar-refractivity contribution in [2.45, 2.75) is 19.9 Å². The van der Waals surface area contributed by atoms with Gasteiger partial charge in [0.1, 0.15) is 11.6 Å². The number of aliphatic hydroxyl groups is 1. The molecular formula is C25H19ClFNO3. The van der Waals surface area contributed by atoms with Gasteiger partial charge >= 0.3 is 0 Å². The van der Waals surface area contributed by atoms with Gasteiger partial charge < -0.3 is 5.11 Å². The third-order valence-electron chi connectivity index (χ3n) is 5.52. The Labute approximate surface area is 184 Å². The van der Waals surface area contributed by atoms with Crippen LogP contribution in [-0.2, 0) is 9.59 Å². The number of hydrogen-bond acceptors (Lipinski definition) is 3. The summed E-state index contributed by atoms with van der Waals surface area (Å²) in [6, 6.07) is 17.2. The van der Waals surface area contributed by atoms with E-state index >= 15 is 0 Å². The molecule has 4 nitrogen and oxygen atoms in total. The highest BCUT2D eigenvalue weighted by atomic mass is 35.5. The van der Waals surface area contributed by atoms with E-state index in [1.165, 1.54) is 17.0 Å². The van der Waals surface area contributed by atoms with Crippen LogP contribution < -0.4 is 4.90 Å². The minimum absolute atomic E-state index is 0.0279. The van der Waals surface area contributed by atoms with Crippen LogP contribution in [0.2, 0.25) is 5.02 Å². The maximum absolute atomic E-state index is 13.7. The Balaban J connectivity index is 1.95. The molecule has 0 radical (unpaired) electrons. The molecule has 31 heavy (non-hydrogen) atoms. The lowest BCUT2D eigenvalue weighted by molar-refractivity contribution is -0.132. The molecule has 156 valence electrons. The number of rotatable bonds is 3. The molecule has 1 saturated heterocycles. The number of Topliss-reactive ketones (excluding diaryl/α,β-unsaturated/α-hetero) is 1. The summed E-state index contributed by atoms with van der Waals surface area (Å²) in [4.78, 5) is 27.4. The topological polar surface area (TPSA) is 57.6 Å². The highest BCUT2D eigenvalue weighted by Gasteiger charge is 2.47. The van der Waals surface area contributed by atoms with Gasteiger partial charge in [-0.15, -0.1) is 0 Å². The summed E-state index contributed by atoms with van der Waals surface area (Å²) in [7, 11) is 0. The van der Waals surface area contributed by atoms with Gasteiger partial charge in [-0.2, -0.15) is 0 Å². The molecule has 3 aromatic carbocycles. The first kappa shape index (κ1) is 20.8. The molecule has 1 aliphatic rings. The SMILES string of the molecule is Cc1ccc(/C(O)=C2\C(=O)C(=O)N(c3ccc(F)c(Cl)c3)C2c2ccccc2)cc1C. The first-order valence-corrected chi connectivity index (χ1v) is 10.1. The molecule has 1 atom stereocenters. The van der Waals surface area contributed by atoms with Crippen LogP contribution in [0.5, 0.6) is 0 Å². The van der Waals surface area contributed by atoms with Crippen LogP contribution in [-0.4, -0.2) is 16.8 Å². The van der Waals surface area contributed by atoms with Gasteiger partial charge in [-0.1, -0.05) is 54.1 Å². The Morgan fingerprint density at radius 2 is 1.68 bits per heavy atom. The molecule has 1 N–H and O–H groups in total. The zero-order valence-corrected chi connectivity index (χ0v) is 17.7. The number of aliphatic hydroxyl groups excluding tert-OH is 1. The monoisotopic (exact) mass is 435 g/mol. The number of nitrogens with zero attached hydrogens (tertiary/aromatic N) is 1. The van der Waals surface area contributed by atoms with Crippen molar-refractivity contribution in [2.75, 3.05) is 4.90 Å². The fraction of sp³-hybridized carbons (Fsp3) is 0.120. The molecule has 0 saturated carbocycles. The molecule has 4 rings (SSSR count).